The monoisotopic (exact) mass is 526 g/mol. The molecule has 4 aromatic rings. The second-order valence-corrected chi connectivity index (χ2v) is 12.4. The molecule has 0 heterocycles. The molecule has 0 saturated carbocycles. The lowest BCUT2D eigenvalue weighted by Crippen LogP contribution is -2.06. The fourth-order valence-electron chi connectivity index (χ4n) is 4.77. The molecule has 0 N–H and O–H groups in total. The van der Waals surface area contributed by atoms with E-state index in [9.17, 15) is 8.42 Å². The van der Waals surface area contributed by atoms with Gasteiger partial charge >= 0.3 is 0 Å². The van der Waals surface area contributed by atoms with Gasteiger partial charge in [-0.05, 0) is 96.8 Å². The van der Waals surface area contributed by atoms with Crippen LogP contribution in [-0.2, 0) is 16.3 Å². The molecule has 0 fully saturated rings. The summed E-state index contributed by atoms with van der Waals surface area (Å²) < 4.78 is 31.8. The van der Waals surface area contributed by atoms with E-state index in [1.165, 1.54) is 22.3 Å². The van der Waals surface area contributed by atoms with Gasteiger partial charge in [-0.2, -0.15) is 0 Å². The Morgan fingerprint density at radius 2 is 1.03 bits per heavy atom. The summed E-state index contributed by atoms with van der Waals surface area (Å²) >= 11 is 0. The van der Waals surface area contributed by atoms with Gasteiger partial charge in [0.2, 0.25) is 9.84 Å². The Balaban J connectivity index is 1.44. The minimum atomic E-state index is -3.58. The van der Waals surface area contributed by atoms with Crippen molar-refractivity contribution in [3.8, 4) is 5.75 Å². The standard InChI is InChI=1S/C34H38O3S/c1-6-34(30-15-13-28(14-16-30)24(2)3)29-11-7-26(8-12-29)23-27-9-19-32(20-10-27)38(35,36)33-21-17-31(18-22-33)37-25(4)5/h7-22,24-25,34H,6,23H2,1-5H3. The van der Waals surface area contributed by atoms with Crippen LogP contribution in [0.1, 0.15) is 80.7 Å². The maximum Gasteiger partial charge on any atom is 0.206 e. The highest BCUT2D eigenvalue weighted by Gasteiger charge is 2.18. The van der Waals surface area contributed by atoms with Gasteiger partial charge in [-0.15, -0.1) is 0 Å². The first kappa shape index (κ1) is 27.7. The van der Waals surface area contributed by atoms with E-state index in [1.54, 1.807) is 36.4 Å². The molecular formula is C34H38O3S. The topological polar surface area (TPSA) is 43.4 Å². The second-order valence-electron chi connectivity index (χ2n) is 10.5. The quantitative estimate of drug-likeness (QED) is 0.208. The molecule has 0 spiro atoms. The molecule has 198 valence electrons. The van der Waals surface area contributed by atoms with Crippen LogP contribution in [0.3, 0.4) is 0 Å². The summed E-state index contributed by atoms with van der Waals surface area (Å²) in [7, 11) is -3.58. The molecule has 0 bridgehead atoms. The van der Waals surface area contributed by atoms with Crippen LogP contribution < -0.4 is 4.74 Å². The van der Waals surface area contributed by atoms with Gasteiger partial charge in [0.25, 0.3) is 0 Å². The van der Waals surface area contributed by atoms with E-state index in [0.29, 0.717) is 22.5 Å². The van der Waals surface area contributed by atoms with Crippen LogP contribution in [-0.4, -0.2) is 14.5 Å². The molecule has 0 radical (unpaired) electrons. The van der Waals surface area contributed by atoms with Crippen molar-refractivity contribution in [2.24, 2.45) is 0 Å². The minimum absolute atomic E-state index is 0.0382. The molecule has 1 unspecified atom stereocenters. The molecule has 4 aromatic carbocycles. The molecule has 1 atom stereocenters. The van der Waals surface area contributed by atoms with E-state index in [1.807, 2.05) is 26.0 Å². The van der Waals surface area contributed by atoms with Gasteiger partial charge in [-0.25, -0.2) is 8.42 Å². The van der Waals surface area contributed by atoms with E-state index < -0.39 is 9.84 Å². The van der Waals surface area contributed by atoms with Crippen molar-refractivity contribution in [3.05, 3.63) is 125 Å². The van der Waals surface area contributed by atoms with Crippen LogP contribution in [0.4, 0.5) is 0 Å². The lowest BCUT2D eigenvalue weighted by molar-refractivity contribution is 0.242. The summed E-state index contributed by atoms with van der Waals surface area (Å²) in [4.78, 5) is 0.560. The summed E-state index contributed by atoms with van der Waals surface area (Å²) in [5, 5.41) is 0. The van der Waals surface area contributed by atoms with Crippen LogP contribution in [0.5, 0.6) is 5.75 Å². The van der Waals surface area contributed by atoms with Crippen molar-refractivity contribution in [2.75, 3.05) is 0 Å². The first-order valence-corrected chi connectivity index (χ1v) is 14.9. The zero-order valence-electron chi connectivity index (χ0n) is 23.0. The highest BCUT2D eigenvalue weighted by molar-refractivity contribution is 7.91. The zero-order chi connectivity index (χ0) is 27.3. The molecule has 4 rings (SSSR count). The largest absolute Gasteiger partial charge is 0.491 e. The fraction of sp³-hybridized carbons (Fsp3) is 0.294. The average Bonchev–Trinajstić information content (AvgIpc) is 2.91. The summed E-state index contributed by atoms with van der Waals surface area (Å²) in [6, 6.07) is 31.7. The molecule has 0 saturated heterocycles. The molecule has 3 nitrogen and oxygen atoms in total. The number of ether oxygens (including phenoxy) is 1. The average molecular weight is 527 g/mol. The predicted octanol–water partition coefficient (Wildman–Crippen LogP) is 8.56. The van der Waals surface area contributed by atoms with Crippen LogP contribution in [0.15, 0.2) is 107 Å². The van der Waals surface area contributed by atoms with Crippen LogP contribution in [0.2, 0.25) is 0 Å². The van der Waals surface area contributed by atoms with E-state index in [0.717, 1.165) is 18.4 Å². The first-order chi connectivity index (χ1) is 18.2. The fourth-order valence-corrected chi connectivity index (χ4v) is 6.03. The van der Waals surface area contributed by atoms with Crippen molar-refractivity contribution in [3.63, 3.8) is 0 Å². The van der Waals surface area contributed by atoms with Crippen LogP contribution in [0, 0.1) is 0 Å². The Hall–Kier alpha value is -3.37. The van der Waals surface area contributed by atoms with Crippen molar-refractivity contribution in [1.82, 2.24) is 0 Å². The molecule has 38 heavy (non-hydrogen) atoms. The van der Waals surface area contributed by atoms with Gasteiger partial charge in [0.05, 0.1) is 15.9 Å². The van der Waals surface area contributed by atoms with Gasteiger partial charge in [-0.3, -0.25) is 0 Å². The van der Waals surface area contributed by atoms with Gasteiger partial charge in [-0.1, -0.05) is 81.4 Å². The van der Waals surface area contributed by atoms with Gasteiger partial charge in [0.15, 0.2) is 0 Å². The maximum absolute atomic E-state index is 13.1. The summed E-state index contributed by atoms with van der Waals surface area (Å²) in [6.45, 7) is 10.6. The van der Waals surface area contributed by atoms with E-state index >= 15 is 0 Å². The maximum atomic E-state index is 13.1. The Morgan fingerprint density at radius 1 is 0.605 bits per heavy atom. The lowest BCUT2D eigenvalue weighted by atomic mass is 9.87. The number of hydrogen-bond donors (Lipinski definition) is 0. The summed E-state index contributed by atoms with van der Waals surface area (Å²) in [6.07, 6.45) is 1.84. The van der Waals surface area contributed by atoms with Gasteiger partial charge in [0, 0.05) is 5.92 Å². The highest BCUT2D eigenvalue weighted by atomic mass is 32.2. The van der Waals surface area contributed by atoms with Gasteiger partial charge in [0.1, 0.15) is 5.75 Å². The second kappa shape index (κ2) is 12.0. The Labute approximate surface area is 228 Å². The molecule has 0 aromatic heterocycles. The summed E-state index contributed by atoms with van der Waals surface area (Å²) in [5.41, 5.74) is 6.32. The number of rotatable bonds is 10. The van der Waals surface area contributed by atoms with E-state index in [-0.39, 0.29) is 11.0 Å². The SMILES string of the molecule is CCC(c1ccc(Cc2ccc(S(=O)(=O)c3ccc(OC(C)C)cc3)cc2)cc1)c1ccc(C(C)C)cc1. The predicted molar refractivity (Wildman–Crippen MR) is 156 cm³/mol. The third-order valence-electron chi connectivity index (χ3n) is 6.94. The van der Waals surface area contributed by atoms with Crippen molar-refractivity contribution < 1.29 is 13.2 Å². The lowest BCUT2D eigenvalue weighted by Gasteiger charge is -2.18. The van der Waals surface area contributed by atoms with Crippen molar-refractivity contribution in [2.45, 2.75) is 75.2 Å². The number of hydrogen-bond acceptors (Lipinski definition) is 3. The first-order valence-electron chi connectivity index (χ1n) is 13.5. The highest BCUT2D eigenvalue weighted by Crippen LogP contribution is 2.30. The zero-order valence-corrected chi connectivity index (χ0v) is 23.8. The van der Waals surface area contributed by atoms with Gasteiger partial charge < -0.3 is 4.74 Å². The molecule has 4 heteroatoms. The Bertz CT molecular complexity index is 1420. The molecular weight excluding hydrogens is 488 g/mol. The third-order valence-corrected chi connectivity index (χ3v) is 8.73. The van der Waals surface area contributed by atoms with Crippen LogP contribution in [0.25, 0.3) is 0 Å². The molecule has 0 aliphatic rings. The molecule has 0 aliphatic carbocycles. The van der Waals surface area contributed by atoms with E-state index in [4.69, 9.17) is 4.74 Å². The molecule has 0 amide bonds. The minimum Gasteiger partial charge on any atom is -0.491 e. The number of sulfone groups is 1. The van der Waals surface area contributed by atoms with Crippen molar-refractivity contribution >= 4 is 9.84 Å². The normalized spacial score (nSPS) is 12.6. The van der Waals surface area contributed by atoms with Crippen molar-refractivity contribution in [1.29, 1.82) is 0 Å². The number of benzene rings is 4. The summed E-state index contributed by atoms with van der Waals surface area (Å²) in [5.74, 6) is 1.57. The van der Waals surface area contributed by atoms with Crippen LogP contribution >= 0.6 is 0 Å². The third kappa shape index (κ3) is 6.54. The molecule has 0 aliphatic heterocycles. The Kier molecular flexibility index (Phi) is 8.73. The Morgan fingerprint density at radius 3 is 1.47 bits per heavy atom. The smallest absolute Gasteiger partial charge is 0.206 e. The van der Waals surface area contributed by atoms with E-state index in [2.05, 4.69) is 69.3 Å².